The maximum absolute atomic E-state index is 13.5. The highest BCUT2D eigenvalue weighted by Crippen LogP contribution is 2.26. The van der Waals surface area contributed by atoms with Crippen LogP contribution in [-0.4, -0.2) is 45.0 Å². The molecule has 148 valence electrons. The van der Waals surface area contributed by atoms with Crippen LogP contribution in [0.1, 0.15) is 36.3 Å². The number of hydrogen-bond acceptors (Lipinski definition) is 6. The van der Waals surface area contributed by atoms with Crippen molar-refractivity contribution < 1.29 is 13.6 Å². The first-order valence-corrected chi connectivity index (χ1v) is 10.00. The Bertz CT molecular complexity index is 964. The van der Waals surface area contributed by atoms with Crippen LogP contribution in [0.5, 0.6) is 0 Å². The van der Waals surface area contributed by atoms with Crippen molar-refractivity contribution in [1.82, 2.24) is 19.9 Å². The monoisotopic (exact) mass is 405 g/mol. The van der Waals surface area contributed by atoms with E-state index in [4.69, 9.17) is 0 Å². The summed E-state index contributed by atoms with van der Waals surface area (Å²) in [6.07, 6.45) is 2.03. The summed E-state index contributed by atoms with van der Waals surface area (Å²) in [7, 11) is 0. The van der Waals surface area contributed by atoms with E-state index in [9.17, 15) is 13.6 Å². The summed E-state index contributed by atoms with van der Waals surface area (Å²) in [5, 5.41) is 4.83. The van der Waals surface area contributed by atoms with Gasteiger partial charge in [0.05, 0.1) is 23.0 Å². The van der Waals surface area contributed by atoms with Gasteiger partial charge in [0.25, 0.3) is 5.91 Å². The van der Waals surface area contributed by atoms with Crippen LogP contribution in [0, 0.1) is 5.82 Å². The van der Waals surface area contributed by atoms with Gasteiger partial charge in [0, 0.05) is 19.3 Å². The van der Waals surface area contributed by atoms with Crippen LogP contribution >= 0.6 is 11.3 Å². The number of alkyl halides is 1. The third-order valence-corrected chi connectivity index (χ3v) is 5.05. The van der Waals surface area contributed by atoms with E-state index >= 15 is 0 Å². The molecule has 1 aliphatic heterocycles. The molecule has 1 N–H and O–H groups in total. The van der Waals surface area contributed by atoms with Crippen LogP contribution in [0.25, 0.3) is 10.2 Å². The van der Waals surface area contributed by atoms with Crippen LogP contribution in [0.3, 0.4) is 0 Å². The molecule has 0 saturated carbocycles. The molecule has 3 aromatic heterocycles. The molecule has 9 heteroatoms. The second-order valence-electron chi connectivity index (χ2n) is 6.03. The number of rotatable bonds is 4. The summed E-state index contributed by atoms with van der Waals surface area (Å²) in [4.78, 5) is 26.8. The number of halogens is 2. The normalized spacial score (nSPS) is 16.0. The van der Waals surface area contributed by atoms with Crippen molar-refractivity contribution in [3.05, 3.63) is 47.0 Å². The topological polar surface area (TPSA) is 71.0 Å². The van der Waals surface area contributed by atoms with Gasteiger partial charge in [-0.25, -0.2) is 18.7 Å². The number of pyridine rings is 1. The molecule has 0 aromatic carbocycles. The van der Waals surface area contributed by atoms with Gasteiger partial charge < -0.3 is 10.2 Å². The average molecular weight is 405 g/mol. The average Bonchev–Trinajstić information content (AvgIpc) is 3.35. The maximum Gasteiger partial charge on any atom is 0.274 e. The van der Waals surface area contributed by atoms with Crippen molar-refractivity contribution in [2.24, 2.45) is 0 Å². The lowest BCUT2D eigenvalue weighted by Crippen LogP contribution is -2.30. The van der Waals surface area contributed by atoms with Crippen molar-refractivity contribution in [3.63, 3.8) is 0 Å². The van der Waals surface area contributed by atoms with E-state index in [-0.39, 0.29) is 30.6 Å². The summed E-state index contributed by atoms with van der Waals surface area (Å²) in [6, 6.07) is 3.16. The lowest BCUT2D eigenvalue weighted by Gasteiger charge is -2.15. The van der Waals surface area contributed by atoms with Crippen LogP contribution in [-0.2, 0) is 6.54 Å². The molecule has 28 heavy (non-hydrogen) atoms. The van der Waals surface area contributed by atoms with E-state index in [0.29, 0.717) is 28.7 Å². The number of anilines is 1. The number of amides is 1. The Morgan fingerprint density at radius 2 is 2.18 bits per heavy atom. The Kier molecular flexibility index (Phi) is 6.45. The molecule has 4 rings (SSSR count). The Balaban J connectivity index is 0.00000109. The zero-order valence-electron chi connectivity index (χ0n) is 15.7. The fraction of sp³-hybridized carbons (Fsp3) is 0.368. The Morgan fingerprint density at radius 1 is 1.36 bits per heavy atom. The quantitative estimate of drug-likeness (QED) is 0.709. The van der Waals surface area contributed by atoms with E-state index in [1.165, 1.54) is 28.5 Å². The number of carbonyl (C=O) groups excluding carboxylic acids is 1. The van der Waals surface area contributed by atoms with Gasteiger partial charge in [0.1, 0.15) is 12.0 Å². The highest BCUT2D eigenvalue weighted by molar-refractivity contribution is 7.17. The lowest BCUT2D eigenvalue weighted by molar-refractivity contribution is 0.0779. The number of fused-ring (bicyclic) bond motifs is 1. The first kappa shape index (κ1) is 20.1. The lowest BCUT2D eigenvalue weighted by atomic mass is 10.3. The Morgan fingerprint density at radius 3 is 2.89 bits per heavy atom. The predicted molar refractivity (Wildman–Crippen MR) is 106 cm³/mol. The van der Waals surface area contributed by atoms with Gasteiger partial charge in [-0.1, -0.05) is 13.8 Å². The second-order valence-corrected chi connectivity index (χ2v) is 6.95. The molecule has 0 radical (unpaired) electrons. The number of hydrogen-bond donors (Lipinski definition) is 1. The summed E-state index contributed by atoms with van der Waals surface area (Å²) in [5.74, 6) is -0.459. The highest BCUT2D eigenvalue weighted by Gasteiger charge is 2.29. The minimum absolute atomic E-state index is 0.0907. The molecule has 1 amide bonds. The van der Waals surface area contributed by atoms with E-state index < -0.39 is 12.0 Å². The molecule has 1 saturated heterocycles. The maximum atomic E-state index is 13.5. The molecule has 0 bridgehead atoms. The molecule has 0 aliphatic carbocycles. The van der Waals surface area contributed by atoms with Crippen molar-refractivity contribution in [2.45, 2.75) is 33.0 Å². The van der Waals surface area contributed by atoms with Crippen molar-refractivity contribution in [1.29, 1.82) is 0 Å². The molecule has 6 nitrogen and oxygen atoms in total. The van der Waals surface area contributed by atoms with Gasteiger partial charge in [-0.15, -0.1) is 11.3 Å². The summed E-state index contributed by atoms with van der Waals surface area (Å²) < 4.78 is 27.4. The van der Waals surface area contributed by atoms with Gasteiger partial charge in [0.15, 0.2) is 5.69 Å². The standard InChI is InChI=1S/C17H15F2N5OS.C2H6/c18-11-1-3-24(9-11)16(25)14-15-13(2-4-26-15)22-17(23-14)21-7-10-5-12(19)8-20-6-10;1-2/h2,4-6,8,11H,1,3,7,9H2,(H,21,22,23);1-2H3/t11-;/m1./s1. The number of nitrogens with one attached hydrogen (secondary N) is 1. The third-order valence-electron chi connectivity index (χ3n) is 4.14. The summed E-state index contributed by atoms with van der Waals surface area (Å²) in [6.45, 7) is 4.74. The van der Waals surface area contributed by atoms with Gasteiger partial charge >= 0.3 is 0 Å². The highest BCUT2D eigenvalue weighted by atomic mass is 32.1. The summed E-state index contributed by atoms with van der Waals surface area (Å²) in [5.41, 5.74) is 1.54. The molecule has 1 aliphatic rings. The van der Waals surface area contributed by atoms with Crippen LogP contribution in [0.15, 0.2) is 29.9 Å². The van der Waals surface area contributed by atoms with E-state index in [1.54, 1.807) is 6.07 Å². The zero-order valence-corrected chi connectivity index (χ0v) is 16.5. The van der Waals surface area contributed by atoms with Gasteiger partial charge in [-0.05, 0) is 29.5 Å². The predicted octanol–water partition coefficient (Wildman–Crippen LogP) is 4.05. The molecule has 1 atom stereocenters. The largest absolute Gasteiger partial charge is 0.350 e. The molecule has 1 fully saturated rings. The van der Waals surface area contributed by atoms with Crippen LogP contribution in [0.4, 0.5) is 14.7 Å². The van der Waals surface area contributed by atoms with Crippen molar-refractivity contribution in [2.75, 3.05) is 18.4 Å². The van der Waals surface area contributed by atoms with Crippen LogP contribution < -0.4 is 5.32 Å². The minimum atomic E-state index is -0.988. The number of likely N-dealkylation sites (tertiary alicyclic amines) is 1. The molecule has 0 unspecified atom stereocenters. The number of nitrogens with zero attached hydrogens (tertiary/aromatic N) is 4. The molecule has 0 spiro atoms. The Labute approximate surface area is 165 Å². The fourth-order valence-corrected chi connectivity index (χ4v) is 3.69. The molecular formula is C19H21F2N5OS. The first-order chi connectivity index (χ1) is 13.6. The SMILES string of the molecule is CC.O=C(c1nc(NCc2cncc(F)c2)nc2ccsc12)N1CC[C@@H](F)C1. The van der Waals surface area contributed by atoms with E-state index in [1.807, 2.05) is 19.2 Å². The number of thiophene rings is 1. The fourth-order valence-electron chi connectivity index (χ4n) is 2.87. The zero-order chi connectivity index (χ0) is 20.1. The smallest absolute Gasteiger partial charge is 0.274 e. The Hall–Kier alpha value is -2.68. The van der Waals surface area contributed by atoms with Gasteiger partial charge in [-0.3, -0.25) is 9.78 Å². The van der Waals surface area contributed by atoms with Gasteiger partial charge in [0.2, 0.25) is 5.95 Å². The van der Waals surface area contributed by atoms with Crippen molar-refractivity contribution in [3.8, 4) is 0 Å². The van der Waals surface area contributed by atoms with Gasteiger partial charge in [-0.2, -0.15) is 0 Å². The number of carbonyl (C=O) groups is 1. The molecule has 4 heterocycles. The van der Waals surface area contributed by atoms with Crippen molar-refractivity contribution >= 4 is 33.4 Å². The minimum Gasteiger partial charge on any atom is -0.350 e. The summed E-state index contributed by atoms with van der Waals surface area (Å²) >= 11 is 1.37. The second kappa shape index (κ2) is 9.01. The van der Waals surface area contributed by atoms with E-state index in [0.717, 1.165) is 6.20 Å². The van der Waals surface area contributed by atoms with E-state index in [2.05, 4.69) is 20.3 Å². The number of aromatic nitrogens is 3. The molecule has 3 aromatic rings. The molecular weight excluding hydrogens is 384 g/mol. The third kappa shape index (κ3) is 4.41. The first-order valence-electron chi connectivity index (χ1n) is 9.12. The van der Waals surface area contributed by atoms with Crippen LogP contribution in [0.2, 0.25) is 0 Å².